The molecule has 0 amide bonds. The minimum absolute atomic E-state index is 0.0106. The Hall–Kier alpha value is -0.940. The van der Waals surface area contributed by atoms with Crippen molar-refractivity contribution in [3.05, 3.63) is 11.1 Å². The summed E-state index contributed by atoms with van der Waals surface area (Å²) in [6.45, 7) is 8.86. The zero-order valence-electron chi connectivity index (χ0n) is 17.3. The van der Waals surface area contributed by atoms with Crippen LogP contribution in [0.15, 0.2) is 11.1 Å². The molecule has 4 aliphatic rings. The van der Waals surface area contributed by atoms with Crippen molar-refractivity contribution in [2.24, 2.45) is 28.1 Å². The molecule has 0 aromatic carbocycles. The lowest BCUT2D eigenvalue weighted by atomic mass is 9.43. The van der Waals surface area contributed by atoms with Crippen molar-refractivity contribution in [2.75, 3.05) is 0 Å². The van der Waals surface area contributed by atoms with Gasteiger partial charge in [0.05, 0.1) is 5.41 Å². The summed E-state index contributed by atoms with van der Waals surface area (Å²) < 4.78 is 5.63. The fourth-order valence-corrected chi connectivity index (χ4v) is 7.65. The first-order chi connectivity index (χ1) is 12.7. The average molecular weight is 389 g/mol. The summed E-state index contributed by atoms with van der Waals surface area (Å²) in [7, 11) is 0. The smallest absolute Gasteiger partial charge is 0.302 e. The predicted molar refractivity (Wildman–Crippen MR) is 109 cm³/mol. The molecule has 0 spiro atoms. The molecule has 0 heterocycles. The molecule has 6 unspecified atom stereocenters. The Balaban J connectivity index is 1.62. The number of halogens is 1. The number of rotatable bonds is 1. The molecular formula is C24H33ClO2. The van der Waals surface area contributed by atoms with Crippen molar-refractivity contribution >= 4 is 17.6 Å². The van der Waals surface area contributed by atoms with Crippen LogP contribution in [0.2, 0.25) is 0 Å². The molecule has 4 aliphatic carbocycles. The molecule has 0 N–H and O–H groups in total. The highest BCUT2D eigenvalue weighted by Gasteiger charge is 2.59. The third-order valence-electron chi connectivity index (χ3n) is 9.11. The van der Waals surface area contributed by atoms with Gasteiger partial charge in [-0.05, 0) is 99.0 Å². The van der Waals surface area contributed by atoms with Crippen molar-refractivity contribution in [3.8, 4) is 11.3 Å². The lowest BCUT2D eigenvalue weighted by Crippen LogP contribution is -2.55. The number of hydrogen-bond donors (Lipinski definition) is 0. The van der Waals surface area contributed by atoms with E-state index in [4.69, 9.17) is 16.3 Å². The van der Waals surface area contributed by atoms with Crippen LogP contribution in [-0.4, -0.2) is 12.1 Å². The maximum absolute atomic E-state index is 11.5. The third-order valence-corrected chi connectivity index (χ3v) is 9.21. The molecule has 0 aliphatic heterocycles. The highest BCUT2D eigenvalue weighted by atomic mass is 35.5. The molecule has 4 rings (SSSR count). The number of carbonyl (C=O) groups excluding carboxylic acids is 1. The number of fused-ring (bicyclic) bond motifs is 4. The van der Waals surface area contributed by atoms with Gasteiger partial charge >= 0.3 is 5.97 Å². The van der Waals surface area contributed by atoms with Crippen LogP contribution in [0.5, 0.6) is 0 Å². The molecule has 0 aromatic rings. The minimum Gasteiger partial charge on any atom is -0.463 e. The largest absolute Gasteiger partial charge is 0.463 e. The molecule has 2 fully saturated rings. The molecular weight excluding hydrogens is 356 g/mol. The minimum atomic E-state index is -0.126. The van der Waals surface area contributed by atoms with Gasteiger partial charge in [0.15, 0.2) is 0 Å². The number of carbonyl (C=O) groups is 1. The maximum Gasteiger partial charge on any atom is 0.302 e. The number of hydrogen-bond acceptors (Lipinski definition) is 2. The van der Waals surface area contributed by atoms with Gasteiger partial charge in [-0.2, -0.15) is 0 Å². The van der Waals surface area contributed by atoms with Gasteiger partial charge in [0.25, 0.3) is 0 Å². The summed E-state index contributed by atoms with van der Waals surface area (Å²) in [6.07, 6.45) is 10.7. The van der Waals surface area contributed by atoms with Gasteiger partial charge in [-0.15, -0.1) is 0 Å². The maximum atomic E-state index is 11.5. The van der Waals surface area contributed by atoms with Gasteiger partial charge in [-0.1, -0.05) is 30.9 Å². The fourth-order valence-electron chi connectivity index (χ4n) is 7.44. The van der Waals surface area contributed by atoms with Crippen LogP contribution >= 0.6 is 11.6 Å². The van der Waals surface area contributed by atoms with Gasteiger partial charge < -0.3 is 4.74 Å². The number of ether oxygens (including phenoxy) is 1. The first-order valence-electron chi connectivity index (χ1n) is 10.7. The Labute approximate surface area is 169 Å². The molecule has 0 radical (unpaired) electrons. The van der Waals surface area contributed by atoms with Crippen molar-refractivity contribution in [1.29, 1.82) is 0 Å². The van der Waals surface area contributed by atoms with E-state index in [-0.39, 0.29) is 22.9 Å². The zero-order valence-corrected chi connectivity index (χ0v) is 18.0. The summed E-state index contributed by atoms with van der Waals surface area (Å²) in [6, 6.07) is 0. The van der Waals surface area contributed by atoms with E-state index in [0.29, 0.717) is 5.41 Å². The summed E-state index contributed by atoms with van der Waals surface area (Å²) >= 11 is 5.80. The SMILES string of the molecule is CC(=O)OC1CCC2(C)C3CCC4=C(CCC4(C)C#CCl)C3CCC2(C)C1. The molecule has 2 saturated carbocycles. The Bertz CT molecular complexity index is 743. The second kappa shape index (κ2) is 6.55. The van der Waals surface area contributed by atoms with Crippen molar-refractivity contribution in [3.63, 3.8) is 0 Å². The summed E-state index contributed by atoms with van der Waals surface area (Å²) in [4.78, 5) is 11.5. The molecule has 0 bridgehead atoms. The van der Waals surface area contributed by atoms with Gasteiger partial charge in [-0.3, -0.25) is 4.79 Å². The van der Waals surface area contributed by atoms with E-state index >= 15 is 0 Å². The fraction of sp³-hybridized carbons (Fsp3) is 0.792. The van der Waals surface area contributed by atoms with E-state index in [1.165, 1.54) is 38.5 Å². The summed E-state index contributed by atoms with van der Waals surface area (Å²) in [5, 5.41) is 2.68. The first kappa shape index (κ1) is 19.4. The topological polar surface area (TPSA) is 26.3 Å². The van der Waals surface area contributed by atoms with Crippen LogP contribution in [0.3, 0.4) is 0 Å². The summed E-state index contributed by atoms with van der Waals surface area (Å²) in [5.74, 6) is 4.69. The molecule has 6 atom stereocenters. The lowest BCUT2D eigenvalue weighted by Gasteiger charge is -2.62. The molecule has 148 valence electrons. The van der Waals surface area contributed by atoms with Crippen LogP contribution in [0.25, 0.3) is 0 Å². The average Bonchev–Trinajstić information content (AvgIpc) is 2.93. The van der Waals surface area contributed by atoms with E-state index in [0.717, 1.165) is 31.1 Å². The van der Waals surface area contributed by atoms with E-state index in [9.17, 15) is 4.79 Å². The molecule has 0 aromatic heterocycles. The van der Waals surface area contributed by atoms with Crippen LogP contribution in [0, 0.1) is 39.4 Å². The second-order valence-corrected chi connectivity index (χ2v) is 10.5. The highest BCUT2D eigenvalue weighted by Crippen LogP contribution is 2.68. The van der Waals surface area contributed by atoms with E-state index in [1.807, 2.05) is 0 Å². The molecule has 2 nitrogen and oxygen atoms in total. The van der Waals surface area contributed by atoms with E-state index in [1.54, 1.807) is 18.1 Å². The normalized spacial score (nSPS) is 45.9. The standard InChI is InChI=1S/C24H33ClO2/c1-16(26)27-17-7-12-24(4)21-6-5-20-18(8-10-22(20,2)13-14-25)19(21)9-11-23(24,3)15-17/h17,19,21H,5-12,15H2,1-4H3. The lowest BCUT2D eigenvalue weighted by molar-refractivity contribution is -0.165. The first-order valence-corrected chi connectivity index (χ1v) is 11.1. The van der Waals surface area contributed by atoms with Crippen molar-refractivity contribution in [1.82, 2.24) is 0 Å². The van der Waals surface area contributed by atoms with Crippen LogP contribution < -0.4 is 0 Å². The Morgan fingerprint density at radius 3 is 2.59 bits per heavy atom. The van der Waals surface area contributed by atoms with Crippen LogP contribution in [-0.2, 0) is 9.53 Å². The van der Waals surface area contributed by atoms with Gasteiger partial charge in [0.2, 0.25) is 0 Å². The third kappa shape index (κ3) is 2.88. The monoisotopic (exact) mass is 388 g/mol. The van der Waals surface area contributed by atoms with Gasteiger partial charge in [-0.25, -0.2) is 0 Å². The van der Waals surface area contributed by atoms with Crippen LogP contribution in [0.1, 0.15) is 85.5 Å². The van der Waals surface area contributed by atoms with Crippen molar-refractivity contribution < 1.29 is 9.53 Å². The second-order valence-electron chi connectivity index (χ2n) is 10.3. The van der Waals surface area contributed by atoms with Crippen LogP contribution in [0.4, 0.5) is 0 Å². The summed E-state index contributed by atoms with van der Waals surface area (Å²) in [5.41, 5.74) is 4.00. The highest BCUT2D eigenvalue weighted by molar-refractivity contribution is 6.30. The Morgan fingerprint density at radius 1 is 1.11 bits per heavy atom. The zero-order chi connectivity index (χ0) is 19.4. The Kier molecular flexibility index (Phi) is 4.70. The van der Waals surface area contributed by atoms with Gasteiger partial charge in [0, 0.05) is 12.3 Å². The van der Waals surface area contributed by atoms with E-state index in [2.05, 4.69) is 32.1 Å². The number of esters is 1. The molecule has 27 heavy (non-hydrogen) atoms. The quantitative estimate of drug-likeness (QED) is 0.302. The Morgan fingerprint density at radius 2 is 1.89 bits per heavy atom. The molecule has 3 heteroatoms. The van der Waals surface area contributed by atoms with E-state index < -0.39 is 0 Å². The predicted octanol–water partition coefficient (Wildman–Crippen LogP) is 6.23. The van der Waals surface area contributed by atoms with Gasteiger partial charge in [0.1, 0.15) is 6.10 Å². The molecule has 0 saturated heterocycles. The number of allylic oxidation sites excluding steroid dienone is 2. The van der Waals surface area contributed by atoms with Crippen molar-refractivity contribution in [2.45, 2.75) is 91.6 Å².